The number of fused-ring (bicyclic) bond motifs is 3. The highest BCUT2D eigenvalue weighted by molar-refractivity contribution is 6.05. The van der Waals surface area contributed by atoms with E-state index in [0.29, 0.717) is 13.1 Å². The van der Waals surface area contributed by atoms with Gasteiger partial charge in [0.1, 0.15) is 11.2 Å². The zero-order valence-electron chi connectivity index (χ0n) is 13.3. The minimum atomic E-state index is -0.360. The second-order valence-electron chi connectivity index (χ2n) is 6.13. The molecule has 2 heterocycles. The molecular formula is C19H17NO4. The lowest BCUT2D eigenvalue weighted by atomic mass is 10.1. The number of esters is 1. The third-order valence-electron chi connectivity index (χ3n) is 4.56. The number of carbonyl (C=O) groups excluding carboxylic acids is 2. The summed E-state index contributed by atoms with van der Waals surface area (Å²) in [7, 11) is 1.35. The molecular weight excluding hydrogens is 306 g/mol. The normalized spacial score (nSPS) is 17.8. The van der Waals surface area contributed by atoms with Gasteiger partial charge in [-0.3, -0.25) is 9.59 Å². The standard InChI is InChI=1S/C19H17NO4/c1-23-19(22)13-9-18(21)20(11-13)10-12-6-7-17-15(8-12)14-4-2-3-5-16(14)24-17/h2-8,13H,9-11H2,1H3. The molecule has 122 valence electrons. The van der Waals surface area contributed by atoms with E-state index in [2.05, 4.69) is 6.07 Å². The lowest BCUT2D eigenvalue weighted by Crippen LogP contribution is -2.26. The highest BCUT2D eigenvalue weighted by atomic mass is 16.5. The zero-order chi connectivity index (χ0) is 16.7. The van der Waals surface area contributed by atoms with Gasteiger partial charge in [0.2, 0.25) is 5.91 Å². The summed E-state index contributed by atoms with van der Waals surface area (Å²) in [5.74, 6) is -0.689. The van der Waals surface area contributed by atoms with Crippen molar-refractivity contribution in [2.75, 3.05) is 13.7 Å². The summed E-state index contributed by atoms with van der Waals surface area (Å²) in [5, 5.41) is 2.11. The molecule has 1 aliphatic rings. The molecule has 0 radical (unpaired) electrons. The molecule has 1 atom stereocenters. The van der Waals surface area contributed by atoms with Crippen molar-refractivity contribution >= 4 is 33.8 Å². The number of hydrogen-bond acceptors (Lipinski definition) is 4. The Balaban J connectivity index is 1.62. The van der Waals surface area contributed by atoms with E-state index in [1.807, 2.05) is 36.4 Å². The van der Waals surface area contributed by atoms with Gasteiger partial charge in [0.05, 0.1) is 13.0 Å². The van der Waals surface area contributed by atoms with Gasteiger partial charge in [0.25, 0.3) is 0 Å². The molecule has 5 heteroatoms. The van der Waals surface area contributed by atoms with Gasteiger partial charge in [-0.1, -0.05) is 24.3 Å². The Morgan fingerprint density at radius 3 is 2.83 bits per heavy atom. The molecule has 0 aliphatic carbocycles. The molecule has 1 fully saturated rings. The van der Waals surface area contributed by atoms with Crippen LogP contribution in [-0.2, 0) is 20.9 Å². The number of hydrogen-bond donors (Lipinski definition) is 0. The Kier molecular flexibility index (Phi) is 3.49. The van der Waals surface area contributed by atoms with Crippen molar-refractivity contribution in [3.05, 3.63) is 48.0 Å². The van der Waals surface area contributed by atoms with Crippen LogP contribution in [0.25, 0.3) is 21.9 Å². The fourth-order valence-corrected chi connectivity index (χ4v) is 3.34. The number of rotatable bonds is 3. The van der Waals surface area contributed by atoms with E-state index in [1.54, 1.807) is 4.90 Å². The van der Waals surface area contributed by atoms with E-state index in [1.165, 1.54) is 7.11 Å². The predicted molar refractivity (Wildman–Crippen MR) is 89.3 cm³/mol. The highest BCUT2D eigenvalue weighted by Crippen LogP contribution is 2.30. The van der Waals surface area contributed by atoms with Gasteiger partial charge >= 0.3 is 5.97 Å². The van der Waals surface area contributed by atoms with Gasteiger partial charge in [-0.05, 0) is 23.8 Å². The number of amides is 1. The van der Waals surface area contributed by atoms with Crippen LogP contribution in [0.3, 0.4) is 0 Å². The van der Waals surface area contributed by atoms with E-state index in [-0.39, 0.29) is 24.2 Å². The monoisotopic (exact) mass is 323 g/mol. The third-order valence-corrected chi connectivity index (χ3v) is 4.56. The Bertz CT molecular complexity index is 943. The number of furan rings is 1. The maximum absolute atomic E-state index is 12.1. The second kappa shape index (κ2) is 5.67. The van der Waals surface area contributed by atoms with Crippen LogP contribution in [0.2, 0.25) is 0 Å². The van der Waals surface area contributed by atoms with E-state index < -0.39 is 0 Å². The maximum atomic E-state index is 12.1. The summed E-state index contributed by atoms with van der Waals surface area (Å²) in [6.45, 7) is 0.900. The maximum Gasteiger partial charge on any atom is 0.310 e. The number of benzene rings is 2. The summed E-state index contributed by atoms with van der Waals surface area (Å²) >= 11 is 0. The number of likely N-dealkylation sites (tertiary alicyclic amines) is 1. The summed E-state index contributed by atoms with van der Waals surface area (Å²) in [5.41, 5.74) is 2.71. The van der Waals surface area contributed by atoms with Crippen LogP contribution in [-0.4, -0.2) is 30.4 Å². The van der Waals surface area contributed by atoms with Gasteiger partial charge in [0.15, 0.2) is 0 Å². The SMILES string of the molecule is COC(=O)C1CC(=O)N(Cc2ccc3oc4ccccc4c3c2)C1. The topological polar surface area (TPSA) is 59.8 Å². The summed E-state index contributed by atoms with van der Waals surface area (Å²) in [6, 6.07) is 13.8. The van der Waals surface area contributed by atoms with Gasteiger partial charge in [-0.15, -0.1) is 0 Å². The largest absolute Gasteiger partial charge is 0.469 e. The quantitative estimate of drug-likeness (QED) is 0.695. The van der Waals surface area contributed by atoms with E-state index >= 15 is 0 Å². The predicted octanol–water partition coefficient (Wildman–Crippen LogP) is 3.11. The molecule has 0 spiro atoms. The van der Waals surface area contributed by atoms with Gasteiger partial charge < -0.3 is 14.1 Å². The van der Waals surface area contributed by atoms with E-state index in [4.69, 9.17) is 9.15 Å². The number of carbonyl (C=O) groups is 2. The fraction of sp³-hybridized carbons (Fsp3) is 0.263. The number of nitrogens with zero attached hydrogens (tertiary/aromatic N) is 1. The average molecular weight is 323 g/mol. The first-order chi connectivity index (χ1) is 11.7. The summed E-state index contributed by atoms with van der Waals surface area (Å²) in [4.78, 5) is 25.5. The van der Waals surface area contributed by atoms with Crippen molar-refractivity contribution in [3.63, 3.8) is 0 Å². The molecule has 5 nitrogen and oxygen atoms in total. The summed E-state index contributed by atoms with van der Waals surface area (Å²) in [6.07, 6.45) is 0.226. The van der Waals surface area contributed by atoms with Crippen LogP contribution in [0, 0.1) is 5.92 Å². The van der Waals surface area contributed by atoms with Crippen LogP contribution in [0.4, 0.5) is 0 Å². The molecule has 0 saturated carbocycles. The smallest absolute Gasteiger partial charge is 0.310 e. The molecule has 3 aromatic rings. The molecule has 4 rings (SSSR count). The number of para-hydroxylation sites is 1. The zero-order valence-corrected chi connectivity index (χ0v) is 13.3. The van der Waals surface area contributed by atoms with Crippen LogP contribution >= 0.6 is 0 Å². The molecule has 1 amide bonds. The van der Waals surface area contributed by atoms with Crippen LogP contribution in [0.5, 0.6) is 0 Å². The van der Waals surface area contributed by atoms with Crippen molar-refractivity contribution in [1.29, 1.82) is 0 Å². The van der Waals surface area contributed by atoms with E-state index in [0.717, 1.165) is 27.5 Å². The number of ether oxygens (including phenoxy) is 1. The first-order valence-corrected chi connectivity index (χ1v) is 7.91. The molecule has 1 aliphatic heterocycles. The van der Waals surface area contributed by atoms with Gasteiger partial charge in [-0.25, -0.2) is 0 Å². The lowest BCUT2D eigenvalue weighted by Gasteiger charge is -2.16. The lowest BCUT2D eigenvalue weighted by molar-refractivity contribution is -0.145. The van der Waals surface area contributed by atoms with Gasteiger partial charge in [0, 0.05) is 30.3 Å². The highest BCUT2D eigenvalue weighted by Gasteiger charge is 2.34. The van der Waals surface area contributed by atoms with Crippen LogP contribution < -0.4 is 0 Å². The molecule has 1 aromatic heterocycles. The van der Waals surface area contributed by atoms with Crippen molar-refractivity contribution in [2.24, 2.45) is 5.92 Å². The Morgan fingerprint density at radius 2 is 2.00 bits per heavy atom. The van der Waals surface area contributed by atoms with Crippen molar-refractivity contribution in [2.45, 2.75) is 13.0 Å². The average Bonchev–Trinajstić information content (AvgIpc) is 3.15. The van der Waals surface area contributed by atoms with E-state index in [9.17, 15) is 9.59 Å². The Hall–Kier alpha value is -2.82. The van der Waals surface area contributed by atoms with Crippen molar-refractivity contribution < 1.29 is 18.7 Å². The van der Waals surface area contributed by atoms with Crippen molar-refractivity contribution in [1.82, 2.24) is 4.90 Å². The van der Waals surface area contributed by atoms with Crippen LogP contribution in [0.1, 0.15) is 12.0 Å². The minimum Gasteiger partial charge on any atom is -0.469 e. The Labute approximate surface area is 138 Å². The molecule has 0 bridgehead atoms. The first-order valence-electron chi connectivity index (χ1n) is 7.91. The molecule has 1 saturated heterocycles. The fourth-order valence-electron chi connectivity index (χ4n) is 3.34. The molecule has 1 unspecified atom stereocenters. The molecule has 2 aromatic carbocycles. The molecule has 0 N–H and O–H groups in total. The number of methoxy groups -OCH3 is 1. The minimum absolute atomic E-state index is 0.0115. The third kappa shape index (κ3) is 2.42. The van der Waals surface area contributed by atoms with Crippen molar-refractivity contribution in [3.8, 4) is 0 Å². The Morgan fingerprint density at radius 1 is 1.21 bits per heavy atom. The summed E-state index contributed by atoms with van der Waals surface area (Å²) < 4.78 is 10.6. The van der Waals surface area contributed by atoms with Crippen LogP contribution in [0.15, 0.2) is 46.9 Å². The van der Waals surface area contributed by atoms with Gasteiger partial charge in [-0.2, -0.15) is 0 Å². The second-order valence-corrected chi connectivity index (χ2v) is 6.13. The molecule has 24 heavy (non-hydrogen) atoms. The first kappa shape index (κ1) is 14.8.